The van der Waals surface area contributed by atoms with Crippen molar-refractivity contribution in [3.05, 3.63) is 60.3 Å². The summed E-state index contributed by atoms with van der Waals surface area (Å²) in [6, 6.07) is 14.4. The fraction of sp³-hybridized carbons (Fsp3) is 0.259. The number of methoxy groups -OCH3 is 3. The predicted octanol–water partition coefficient (Wildman–Crippen LogP) is 4.65. The van der Waals surface area contributed by atoms with Crippen LogP contribution in [0, 0.1) is 0 Å². The molecule has 0 bridgehead atoms. The summed E-state index contributed by atoms with van der Waals surface area (Å²) in [5, 5.41) is 2.86. The van der Waals surface area contributed by atoms with Gasteiger partial charge in [0, 0.05) is 35.5 Å². The van der Waals surface area contributed by atoms with Crippen LogP contribution in [-0.2, 0) is 0 Å². The molecule has 0 saturated carbocycles. The minimum atomic E-state index is -0.523. The van der Waals surface area contributed by atoms with Gasteiger partial charge in [0.05, 0.1) is 32.5 Å². The summed E-state index contributed by atoms with van der Waals surface area (Å²) in [5.41, 5.74) is 9.31. The van der Waals surface area contributed by atoms with E-state index in [0.29, 0.717) is 51.8 Å². The third-order valence-electron chi connectivity index (χ3n) is 5.54. The average molecular weight is 476 g/mol. The van der Waals surface area contributed by atoms with E-state index in [1.807, 2.05) is 44.2 Å². The summed E-state index contributed by atoms with van der Waals surface area (Å²) in [4.78, 5) is 17.2. The van der Waals surface area contributed by atoms with Gasteiger partial charge in [0.15, 0.2) is 5.58 Å². The summed E-state index contributed by atoms with van der Waals surface area (Å²) in [7, 11) is 4.79. The van der Waals surface area contributed by atoms with Gasteiger partial charge in [-0.3, -0.25) is 9.78 Å². The Bertz CT molecular complexity index is 1350. The van der Waals surface area contributed by atoms with Gasteiger partial charge in [-0.15, -0.1) is 0 Å². The molecule has 0 unspecified atom stereocenters. The van der Waals surface area contributed by atoms with E-state index in [0.717, 1.165) is 11.1 Å². The van der Waals surface area contributed by atoms with Crippen LogP contribution in [0.2, 0.25) is 0 Å². The molecule has 2 aromatic carbocycles. The highest BCUT2D eigenvalue weighted by Crippen LogP contribution is 2.43. The van der Waals surface area contributed by atoms with Crippen LogP contribution in [0.25, 0.3) is 33.6 Å². The lowest BCUT2D eigenvalue weighted by atomic mass is 10.0. The number of nitrogens with two attached hydrogens (primary N) is 1. The summed E-state index contributed by atoms with van der Waals surface area (Å²) >= 11 is 0. The number of pyridine rings is 1. The highest BCUT2D eigenvalue weighted by molar-refractivity contribution is 5.98. The van der Waals surface area contributed by atoms with Crippen LogP contribution in [0.5, 0.6) is 17.2 Å². The van der Waals surface area contributed by atoms with Crippen molar-refractivity contribution in [3.8, 4) is 39.7 Å². The lowest BCUT2D eigenvalue weighted by Gasteiger charge is -2.19. The fourth-order valence-electron chi connectivity index (χ4n) is 3.84. The first kappa shape index (κ1) is 24.1. The molecule has 8 nitrogen and oxygen atoms in total. The topological polar surface area (TPSA) is 109 Å². The van der Waals surface area contributed by atoms with Crippen molar-refractivity contribution in [2.45, 2.75) is 19.4 Å². The lowest BCUT2D eigenvalue weighted by molar-refractivity contribution is 0.0946. The van der Waals surface area contributed by atoms with Crippen molar-refractivity contribution in [2.75, 3.05) is 27.9 Å². The molecule has 4 rings (SSSR count). The van der Waals surface area contributed by atoms with Crippen LogP contribution in [0.3, 0.4) is 0 Å². The number of hydrogen-bond donors (Lipinski definition) is 2. The Morgan fingerprint density at radius 1 is 0.971 bits per heavy atom. The van der Waals surface area contributed by atoms with Gasteiger partial charge in [0.25, 0.3) is 5.91 Å². The quantitative estimate of drug-likeness (QED) is 0.382. The molecule has 2 aromatic heterocycles. The maximum absolute atomic E-state index is 12.7. The number of ether oxygens (including phenoxy) is 3. The van der Waals surface area contributed by atoms with E-state index < -0.39 is 5.54 Å². The number of benzene rings is 2. The van der Waals surface area contributed by atoms with Gasteiger partial charge in [-0.2, -0.15) is 0 Å². The van der Waals surface area contributed by atoms with Crippen molar-refractivity contribution in [1.82, 2.24) is 10.3 Å². The van der Waals surface area contributed by atoms with E-state index in [9.17, 15) is 4.79 Å². The molecule has 0 spiro atoms. The van der Waals surface area contributed by atoms with Gasteiger partial charge in [0.1, 0.15) is 28.5 Å². The van der Waals surface area contributed by atoms with Gasteiger partial charge in [0.2, 0.25) is 0 Å². The second-order valence-corrected chi connectivity index (χ2v) is 8.81. The molecule has 0 radical (unpaired) electrons. The summed E-state index contributed by atoms with van der Waals surface area (Å²) in [6.07, 6.45) is 1.71. The predicted molar refractivity (Wildman–Crippen MR) is 135 cm³/mol. The average Bonchev–Trinajstić information content (AvgIpc) is 3.30. The van der Waals surface area contributed by atoms with Crippen LogP contribution >= 0.6 is 0 Å². The normalized spacial score (nSPS) is 11.4. The number of fused-ring (bicyclic) bond motifs is 1. The zero-order chi connectivity index (χ0) is 25.2. The molecule has 0 aliphatic carbocycles. The van der Waals surface area contributed by atoms with E-state index >= 15 is 0 Å². The molecule has 0 fully saturated rings. The SMILES string of the molecule is COc1ccc(C(=O)NCC(C)(C)N)cc1-c1cc2nccc(-c3c(OC)cccc3OC)c2o1. The standard InChI is InChI=1S/C27H29N3O5/c1-27(2,28)15-30-26(31)16-9-10-20(32-3)18(13-16)23-14-19-25(35-23)17(11-12-29-19)24-21(33-4)7-6-8-22(24)34-5/h6-14H,15,28H2,1-5H3,(H,30,31). The Kier molecular flexibility index (Phi) is 6.66. The number of nitrogens with zero attached hydrogens (tertiary/aromatic N) is 1. The number of rotatable bonds is 8. The van der Waals surface area contributed by atoms with Crippen LogP contribution in [-0.4, -0.2) is 44.3 Å². The first-order valence-electron chi connectivity index (χ1n) is 11.1. The minimum Gasteiger partial charge on any atom is -0.496 e. The van der Waals surface area contributed by atoms with Gasteiger partial charge in [-0.25, -0.2) is 0 Å². The summed E-state index contributed by atoms with van der Waals surface area (Å²) in [5.74, 6) is 2.14. The van der Waals surface area contributed by atoms with Crippen molar-refractivity contribution in [1.29, 1.82) is 0 Å². The highest BCUT2D eigenvalue weighted by atomic mass is 16.5. The van der Waals surface area contributed by atoms with Crippen molar-refractivity contribution in [3.63, 3.8) is 0 Å². The third kappa shape index (κ3) is 4.93. The van der Waals surface area contributed by atoms with Gasteiger partial charge in [-0.05, 0) is 50.2 Å². The minimum absolute atomic E-state index is 0.235. The lowest BCUT2D eigenvalue weighted by Crippen LogP contribution is -2.45. The van der Waals surface area contributed by atoms with Gasteiger partial charge >= 0.3 is 0 Å². The molecule has 1 amide bonds. The number of amides is 1. The third-order valence-corrected chi connectivity index (χ3v) is 5.54. The maximum Gasteiger partial charge on any atom is 0.251 e. The monoisotopic (exact) mass is 475 g/mol. The van der Waals surface area contributed by atoms with Crippen LogP contribution in [0.15, 0.2) is 59.1 Å². The Hall–Kier alpha value is -4.04. The van der Waals surface area contributed by atoms with Crippen molar-refractivity contribution >= 4 is 17.0 Å². The zero-order valence-corrected chi connectivity index (χ0v) is 20.5. The Morgan fingerprint density at radius 2 is 1.66 bits per heavy atom. The van der Waals surface area contributed by atoms with E-state index in [1.54, 1.807) is 45.7 Å². The van der Waals surface area contributed by atoms with Gasteiger partial charge < -0.3 is 29.7 Å². The number of carbonyl (C=O) groups is 1. The van der Waals surface area contributed by atoms with Crippen LogP contribution < -0.4 is 25.3 Å². The Balaban J connectivity index is 1.82. The summed E-state index contributed by atoms with van der Waals surface area (Å²) in [6.45, 7) is 4.04. The van der Waals surface area contributed by atoms with E-state index in [2.05, 4.69) is 10.3 Å². The molecule has 3 N–H and O–H groups in total. The number of furan rings is 1. The molecule has 0 saturated heterocycles. The van der Waals surface area contributed by atoms with Crippen LogP contribution in [0.4, 0.5) is 0 Å². The molecular weight excluding hydrogens is 446 g/mol. The number of nitrogens with one attached hydrogen (secondary N) is 1. The molecule has 35 heavy (non-hydrogen) atoms. The smallest absolute Gasteiger partial charge is 0.251 e. The molecule has 0 atom stereocenters. The second kappa shape index (κ2) is 9.68. The second-order valence-electron chi connectivity index (χ2n) is 8.81. The highest BCUT2D eigenvalue weighted by Gasteiger charge is 2.21. The van der Waals surface area contributed by atoms with E-state index in [1.165, 1.54) is 0 Å². The Morgan fingerprint density at radius 3 is 2.29 bits per heavy atom. The molecule has 182 valence electrons. The molecule has 4 aromatic rings. The number of carbonyl (C=O) groups excluding carboxylic acids is 1. The summed E-state index contributed by atoms with van der Waals surface area (Å²) < 4.78 is 23.1. The Labute approximate surface area is 204 Å². The number of hydrogen-bond acceptors (Lipinski definition) is 7. The molecule has 8 heteroatoms. The zero-order valence-electron chi connectivity index (χ0n) is 20.5. The number of aromatic nitrogens is 1. The van der Waals surface area contributed by atoms with Crippen molar-refractivity contribution < 1.29 is 23.4 Å². The largest absolute Gasteiger partial charge is 0.496 e. The maximum atomic E-state index is 12.7. The first-order valence-corrected chi connectivity index (χ1v) is 11.1. The van der Waals surface area contributed by atoms with E-state index in [-0.39, 0.29) is 5.91 Å². The van der Waals surface area contributed by atoms with E-state index in [4.69, 9.17) is 24.4 Å². The fourth-order valence-corrected chi connectivity index (χ4v) is 3.84. The molecular formula is C27H29N3O5. The van der Waals surface area contributed by atoms with Crippen molar-refractivity contribution in [2.24, 2.45) is 5.73 Å². The molecule has 0 aliphatic rings. The van der Waals surface area contributed by atoms with Crippen LogP contribution in [0.1, 0.15) is 24.2 Å². The molecule has 2 heterocycles. The first-order chi connectivity index (χ1) is 16.8. The van der Waals surface area contributed by atoms with Gasteiger partial charge in [-0.1, -0.05) is 6.07 Å². The molecule has 0 aliphatic heterocycles.